The first-order valence-corrected chi connectivity index (χ1v) is 5.77. The summed E-state index contributed by atoms with van der Waals surface area (Å²) in [4.78, 5) is 23.9. The lowest BCUT2D eigenvalue weighted by atomic mass is 10.1. The molecule has 1 aliphatic heterocycles. The molecular weight excluding hydrogens is 208 g/mol. The lowest BCUT2D eigenvalue weighted by molar-refractivity contribution is -0.141. The largest absolute Gasteiger partial charge is 0.481 e. The lowest BCUT2D eigenvalue weighted by Crippen LogP contribution is -2.41. The number of likely N-dealkylation sites (N-methyl/N-ethyl adjacent to an activating group) is 1. The van der Waals surface area contributed by atoms with Crippen LogP contribution in [0.5, 0.6) is 0 Å². The smallest absolute Gasteiger partial charge is 0.307 e. The molecule has 0 aromatic rings. The van der Waals surface area contributed by atoms with Crippen molar-refractivity contribution in [1.29, 1.82) is 0 Å². The van der Waals surface area contributed by atoms with Crippen LogP contribution in [0.1, 0.15) is 26.7 Å². The Labute approximate surface area is 95.8 Å². The third-order valence-electron chi connectivity index (χ3n) is 2.96. The SMILES string of the molecule is CCN(CC1CCC(=O)N1)CC(C)C(=O)O. The lowest BCUT2D eigenvalue weighted by Gasteiger charge is -2.25. The standard InChI is InChI=1S/C11H20N2O3/c1-3-13(6-8(2)11(15)16)7-9-4-5-10(14)12-9/h8-9H,3-7H2,1-2H3,(H,12,14)(H,15,16). The summed E-state index contributed by atoms with van der Waals surface area (Å²) in [5, 5.41) is 11.7. The molecule has 5 heteroatoms. The van der Waals surface area contributed by atoms with Crippen LogP contribution in [0.25, 0.3) is 0 Å². The monoisotopic (exact) mass is 228 g/mol. The van der Waals surface area contributed by atoms with Crippen LogP contribution in [0.4, 0.5) is 0 Å². The molecule has 0 aliphatic carbocycles. The molecule has 1 saturated heterocycles. The van der Waals surface area contributed by atoms with Gasteiger partial charge in [-0.3, -0.25) is 9.59 Å². The van der Waals surface area contributed by atoms with Crippen molar-refractivity contribution in [3.63, 3.8) is 0 Å². The van der Waals surface area contributed by atoms with Crippen LogP contribution in [0.3, 0.4) is 0 Å². The van der Waals surface area contributed by atoms with E-state index in [0.29, 0.717) is 13.0 Å². The summed E-state index contributed by atoms with van der Waals surface area (Å²) in [5.74, 6) is -1.03. The van der Waals surface area contributed by atoms with Crippen molar-refractivity contribution >= 4 is 11.9 Å². The number of rotatable bonds is 6. The van der Waals surface area contributed by atoms with Gasteiger partial charge in [0.1, 0.15) is 0 Å². The third kappa shape index (κ3) is 3.81. The number of aliphatic carboxylic acids is 1. The fourth-order valence-corrected chi connectivity index (χ4v) is 1.92. The molecule has 2 atom stereocenters. The summed E-state index contributed by atoms with van der Waals surface area (Å²) < 4.78 is 0. The zero-order chi connectivity index (χ0) is 12.1. The molecule has 0 aromatic heterocycles. The fourth-order valence-electron chi connectivity index (χ4n) is 1.92. The zero-order valence-corrected chi connectivity index (χ0v) is 9.90. The molecule has 0 bridgehead atoms. The molecule has 2 unspecified atom stereocenters. The van der Waals surface area contributed by atoms with E-state index in [0.717, 1.165) is 19.5 Å². The van der Waals surface area contributed by atoms with E-state index < -0.39 is 5.97 Å². The predicted molar refractivity (Wildman–Crippen MR) is 60.1 cm³/mol. The molecule has 1 heterocycles. The highest BCUT2D eigenvalue weighted by Crippen LogP contribution is 2.09. The molecule has 1 aliphatic rings. The highest BCUT2D eigenvalue weighted by atomic mass is 16.4. The Morgan fingerprint density at radius 3 is 2.81 bits per heavy atom. The van der Waals surface area contributed by atoms with Gasteiger partial charge in [0.05, 0.1) is 5.92 Å². The number of hydrogen-bond donors (Lipinski definition) is 2. The Hall–Kier alpha value is -1.10. The number of amides is 1. The van der Waals surface area contributed by atoms with Crippen LogP contribution >= 0.6 is 0 Å². The van der Waals surface area contributed by atoms with E-state index in [4.69, 9.17) is 5.11 Å². The number of hydrogen-bond acceptors (Lipinski definition) is 3. The average molecular weight is 228 g/mol. The molecule has 2 N–H and O–H groups in total. The van der Waals surface area contributed by atoms with Gasteiger partial charge in [0, 0.05) is 25.6 Å². The van der Waals surface area contributed by atoms with Crippen LogP contribution in [-0.2, 0) is 9.59 Å². The number of nitrogens with one attached hydrogen (secondary N) is 1. The van der Waals surface area contributed by atoms with Gasteiger partial charge < -0.3 is 15.3 Å². The normalized spacial score (nSPS) is 22.2. The second-order valence-electron chi connectivity index (χ2n) is 4.39. The molecule has 1 rings (SSSR count). The number of carbonyl (C=O) groups is 2. The van der Waals surface area contributed by atoms with Gasteiger partial charge in [-0.1, -0.05) is 13.8 Å². The second kappa shape index (κ2) is 5.84. The summed E-state index contributed by atoms with van der Waals surface area (Å²) in [7, 11) is 0. The van der Waals surface area contributed by atoms with Gasteiger partial charge in [0.15, 0.2) is 0 Å². The summed E-state index contributed by atoms with van der Waals surface area (Å²) in [6.07, 6.45) is 1.45. The van der Waals surface area contributed by atoms with Gasteiger partial charge in [-0.25, -0.2) is 0 Å². The van der Waals surface area contributed by atoms with E-state index in [1.54, 1.807) is 6.92 Å². The molecule has 1 fully saturated rings. The van der Waals surface area contributed by atoms with Crippen molar-refractivity contribution in [2.75, 3.05) is 19.6 Å². The zero-order valence-electron chi connectivity index (χ0n) is 9.90. The minimum Gasteiger partial charge on any atom is -0.481 e. The Kier molecular flexibility index (Phi) is 4.73. The van der Waals surface area contributed by atoms with Gasteiger partial charge >= 0.3 is 5.97 Å². The number of carbonyl (C=O) groups excluding carboxylic acids is 1. The van der Waals surface area contributed by atoms with E-state index >= 15 is 0 Å². The Balaban J connectivity index is 2.37. The summed E-state index contributed by atoms with van der Waals surface area (Å²) >= 11 is 0. The number of carboxylic acids is 1. The van der Waals surface area contributed by atoms with Crippen molar-refractivity contribution in [2.45, 2.75) is 32.7 Å². The highest BCUT2D eigenvalue weighted by Gasteiger charge is 2.24. The molecular formula is C11H20N2O3. The molecule has 0 aromatic carbocycles. The maximum Gasteiger partial charge on any atom is 0.307 e. The van der Waals surface area contributed by atoms with Gasteiger partial charge in [-0.05, 0) is 13.0 Å². The summed E-state index contributed by atoms with van der Waals surface area (Å²) in [6, 6.07) is 0.188. The van der Waals surface area contributed by atoms with Crippen LogP contribution in [-0.4, -0.2) is 47.6 Å². The molecule has 0 radical (unpaired) electrons. The van der Waals surface area contributed by atoms with E-state index in [1.165, 1.54) is 0 Å². The first kappa shape index (κ1) is 13.0. The van der Waals surface area contributed by atoms with Crippen molar-refractivity contribution in [1.82, 2.24) is 10.2 Å². The maximum absolute atomic E-state index is 11.0. The van der Waals surface area contributed by atoms with Gasteiger partial charge in [0.2, 0.25) is 5.91 Å². The van der Waals surface area contributed by atoms with Crippen molar-refractivity contribution in [2.24, 2.45) is 5.92 Å². The minimum atomic E-state index is -0.770. The molecule has 92 valence electrons. The third-order valence-corrected chi connectivity index (χ3v) is 2.96. The molecule has 5 nitrogen and oxygen atoms in total. The van der Waals surface area contributed by atoms with Gasteiger partial charge in [0.25, 0.3) is 0 Å². The summed E-state index contributed by atoms with van der Waals surface area (Å²) in [6.45, 7) is 5.81. The van der Waals surface area contributed by atoms with E-state index in [1.807, 2.05) is 6.92 Å². The second-order valence-corrected chi connectivity index (χ2v) is 4.39. The summed E-state index contributed by atoms with van der Waals surface area (Å²) in [5.41, 5.74) is 0. The Morgan fingerprint density at radius 2 is 2.38 bits per heavy atom. The fraction of sp³-hybridized carbons (Fsp3) is 0.818. The van der Waals surface area contributed by atoms with E-state index in [9.17, 15) is 9.59 Å². The van der Waals surface area contributed by atoms with Crippen LogP contribution in [0.15, 0.2) is 0 Å². The Bertz CT molecular complexity index is 268. The van der Waals surface area contributed by atoms with Gasteiger partial charge in [-0.2, -0.15) is 0 Å². The van der Waals surface area contributed by atoms with E-state index in [2.05, 4.69) is 10.2 Å². The first-order chi connectivity index (χ1) is 7.52. The molecule has 0 spiro atoms. The van der Waals surface area contributed by atoms with Crippen LogP contribution in [0, 0.1) is 5.92 Å². The van der Waals surface area contributed by atoms with E-state index in [-0.39, 0.29) is 17.9 Å². The van der Waals surface area contributed by atoms with Crippen molar-refractivity contribution in [3.8, 4) is 0 Å². The minimum absolute atomic E-state index is 0.104. The van der Waals surface area contributed by atoms with Crippen molar-refractivity contribution < 1.29 is 14.7 Å². The van der Waals surface area contributed by atoms with Crippen molar-refractivity contribution in [3.05, 3.63) is 0 Å². The topological polar surface area (TPSA) is 69.6 Å². The average Bonchev–Trinajstić information content (AvgIpc) is 2.62. The predicted octanol–water partition coefficient (Wildman–Crippen LogP) is 0.308. The van der Waals surface area contributed by atoms with Gasteiger partial charge in [-0.15, -0.1) is 0 Å². The highest BCUT2D eigenvalue weighted by molar-refractivity contribution is 5.78. The van der Waals surface area contributed by atoms with Crippen LogP contribution in [0.2, 0.25) is 0 Å². The molecule has 1 amide bonds. The quantitative estimate of drug-likeness (QED) is 0.686. The molecule has 16 heavy (non-hydrogen) atoms. The first-order valence-electron chi connectivity index (χ1n) is 5.77. The number of carboxylic acid groups (broad SMARTS) is 1. The maximum atomic E-state index is 11.0. The van der Waals surface area contributed by atoms with Crippen LogP contribution < -0.4 is 5.32 Å². The molecule has 0 saturated carbocycles. The Morgan fingerprint density at radius 1 is 1.69 bits per heavy atom. The number of nitrogens with zero attached hydrogens (tertiary/aromatic N) is 1.